The van der Waals surface area contributed by atoms with Crippen molar-refractivity contribution in [3.05, 3.63) is 88.1 Å². The van der Waals surface area contributed by atoms with E-state index in [4.69, 9.17) is 10.5 Å². The van der Waals surface area contributed by atoms with E-state index in [1.165, 1.54) is 12.1 Å². The lowest BCUT2D eigenvalue weighted by atomic mass is 9.99. The zero-order valence-electron chi connectivity index (χ0n) is 16.6. The van der Waals surface area contributed by atoms with E-state index >= 15 is 0 Å². The number of imidazole rings is 1. The summed E-state index contributed by atoms with van der Waals surface area (Å²) in [6.45, 7) is 0. The Morgan fingerprint density at radius 2 is 1.84 bits per heavy atom. The molecule has 0 atom stereocenters. The maximum atomic E-state index is 14.5. The van der Waals surface area contributed by atoms with Gasteiger partial charge in [-0.3, -0.25) is 4.79 Å². The van der Waals surface area contributed by atoms with E-state index in [-0.39, 0.29) is 11.6 Å². The number of rotatable bonds is 4. The Morgan fingerprint density at radius 3 is 2.66 bits per heavy atom. The van der Waals surface area contributed by atoms with Gasteiger partial charge in [-0.15, -0.1) is 0 Å². The summed E-state index contributed by atoms with van der Waals surface area (Å²) in [6, 6.07) is 17.2. The van der Waals surface area contributed by atoms with Crippen molar-refractivity contribution in [1.82, 2.24) is 20.2 Å². The SMILES string of the molecule is NC(=O)Oc1nc2ccc(-c3cc(F)cc(Cc4n[nH]c(=O)c5ccccc45)c3)cc2[nH]1. The molecular formula is C23H16FN5O3. The van der Waals surface area contributed by atoms with Crippen molar-refractivity contribution in [3.63, 3.8) is 0 Å². The summed E-state index contributed by atoms with van der Waals surface area (Å²) in [4.78, 5) is 29.9. The third kappa shape index (κ3) is 3.67. The summed E-state index contributed by atoms with van der Waals surface area (Å²) in [7, 11) is 0. The highest BCUT2D eigenvalue weighted by atomic mass is 19.1. The summed E-state index contributed by atoms with van der Waals surface area (Å²) in [6.07, 6.45) is -0.632. The predicted molar refractivity (Wildman–Crippen MR) is 117 cm³/mol. The molecule has 0 fully saturated rings. The van der Waals surface area contributed by atoms with E-state index in [1.54, 1.807) is 30.3 Å². The molecular weight excluding hydrogens is 413 g/mol. The minimum atomic E-state index is -0.970. The van der Waals surface area contributed by atoms with Crippen molar-refractivity contribution in [2.75, 3.05) is 0 Å². The number of primary amides is 1. The molecule has 0 saturated carbocycles. The van der Waals surface area contributed by atoms with Crippen LogP contribution in [0.2, 0.25) is 0 Å². The summed E-state index contributed by atoms with van der Waals surface area (Å²) in [5.74, 6) is -0.395. The topological polar surface area (TPSA) is 127 Å². The highest BCUT2D eigenvalue weighted by molar-refractivity contribution is 5.84. The molecule has 0 radical (unpaired) electrons. The van der Waals surface area contributed by atoms with Gasteiger partial charge in [-0.25, -0.2) is 14.3 Å². The van der Waals surface area contributed by atoms with E-state index in [9.17, 15) is 14.0 Å². The molecule has 8 nitrogen and oxygen atoms in total. The lowest BCUT2D eigenvalue weighted by Crippen LogP contribution is -2.16. The Labute approximate surface area is 179 Å². The highest BCUT2D eigenvalue weighted by Gasteiger charge is 2.11. The molecule has 0 spiro atoms. The average molecular weight is 429 g/mol. The fourth-order valence-electron chi connectivity index (χ4n) is 3.73. The van der Waals surface area contributed by atoms with Gasteiger partial charge >= 0.3 is 12.1 Å². The van der Waals surface area contributed by atoms with Crippen LogP contribution in [0.5, 0.6) is 6.01 Å². The van der Waals surface area contributed by atoms with E-state index < -0.39 is 11.9 Å². The number of aromatic amines is 2. The Kier molecular flexibility index (Phi) is 4.63. The van der Waals surface area contributed by atoms with Gasteiger partial charge in [0, 0.05) is 11.8 Å². The molecule has 3 aromatic carbocycles. The summed E-state index contributed by atoms with van der Waals surface area (Å²) in [5.41, 5.74) is 8.68. The van der Waals surface area contributed by atoms with Crippen LogP contribution in [0.3, 0.4) is 0 Å². The van der Waals surface area contributed by atoms with E-state index in [2.05, 4.69) is 20.2 Å². The molecule has 5 rings (SSSR count). The minimum absolute atomic E-state index is 0.0133. The summed E-state index contributed by atoms with van der Waals surface area (Å²) < 4.78 is 19.3. The second-order valence-electron chi connectivity index (χ2n) is 7.26. The number of amides is 1. The number of fused-ring (bicyclic) bond motifs is 2. The smallest absolute Gasteiger partial charge is 0.376 e. The number of ether oxygens (including phenoxy) is 1. The van der Waals surface area contributed by atoms with Gasteiger partial charge in [0.1, 0.15) is 5.82 Å². The molecule has 9 heteroatoms. The second kappa shape index (κ2) is 7.62. The molecule has 2 heterocycles. The van der Waals surface area contributed by atoms with Crippen molar-refractivity contribution in [2.24, 2.45) is 5.73 Å². The number of benzene rings is 3. The van der Waals surface area contributed by atoms with Crippen LogP contribution >= 0.6 is 0 Å². The van der Waals surface area contributed by atoms with Crippen LogP contribution in [0, 0.1) is 5.82 Å². The first-order chi connectivity index (χ1) is 15.5. The number of nitrogens with two attached hydrogens (primary N) is 1. The van der Waals surface area contributed by atoms with Crippen molar-refractivity contribution in [2.45, 2.75) is 6.42 Å². The largest absolute Gasteiger partial charge is 0.412 e. The average Bonchev–Trinajstić information content (AvgIpc) is 3.16. The Bertz CT molecular complexity index is 1560. The number of hydrogen-bond acceptors (Lipinski definition) is 5. The predicted octanol–water partition coefficient (Wildman–Crippen LogP) is 3.65. The van der Waals surface area contributed by atoms with Gasteiger partial charge in [0.2, 0.25) is 0 Å². The van der Waals surface area contributed by atoms with Gasteiger partial charge in [0.05, 0.1) is 22.1 Å². The normalized spacial score (nSPS) is 11.2. The van der Waals surface area contributed by atoms with Gasteiger partial charge in [0.15, 0.2) is 0 Å². The van der Waals surface area contributed by atoms with Gasteiger partial charge in [0.25, 0.3) is 5.56 Å². The number of nitrogens with one attached hydrogen (secondary N) is 2. The molecule has 4 N–H and O–H groups in total. The number of carbonyl (C=O) groups excluding carboxylic acids is 1. The van der Waals surface area contributed by atoms with Gasteiger partial charge in [-0.05, 0) is 47.0 Å². The molecule has 0 aliphatic carbocycles. The molecule has 0 bridgehead atoms. The lowest BCUT2D eigenvalue weighted by Gasteiger charge is -2.08. The molecule has 1 amide bonds. The molecule has 5 aromatic rings. The molecule has 32 heavy (non-hydrogen) atoms. The van der Waals surface area contributed by atoms with Gasteiger partial charge in [-0.1, -0.05) is 30.3 Å². The minimum Gasteiger partial charge on any atom is -0.376 e. The Balaban J connectivity index is 1.53. The van der Waals surface area contributed by atoms with Crippen LogP contribution in [0.15, 0.2) is 65.5 Å². The molecule has 0 aliphatic heterocycles. The fourth-order valence-corrected chi connectivity index (χ4v) is 3.73. The number of halogens is 1. The van der Waals surface area contributed by atoms with Crippen molar-refractivity contribution in [1.29, 1.82) is 0 Å². The van der Waals surface area contributed by atoms with Crippen molar-refractivity contribution < 1.29 is 13.9 Å². The Morgan fingerprint density at radius 1 is 1.03 bits per heavy atom. The highest BCUT2D eigenvalue weighted by Crippen LogP contribution is 2.27. The first kappa shape index (κ1) is 19.4. The quantitative estimate of drug-likeness (QED) is 0.402. The molecule has 0 saturated heterocycles. The zero-order chi connectivity index (χ0) is 22.2. The lowest BCUT2D eigenvalue weighted by molar-refractivity contribution is 0.207. The maximum absolute atomic E-state index is 14.5. The Hall–Kier alpha value is -4.53. The monoisotopic (exact) mass is 429 g/mol. The van der Waals surface area contributed by atoms with E-state index in [0.29, 0.717) is 39.7 Å². The zero-order valence-corrected chi connectivity index (χ0v) is 16.6. The first-order valence-electron chi connectivity index (χ1n) is 9.69. The third-order valence-electron chi connectivity index (χ3n) is 5.09. The number of aromatic nitrogens is 4. The van der Waals surface area contributed by atoms with Gasteiger partial charge < -0.3 is 15.5 Å². The van der Waals surface area contributed by atoms with Crippen molar-refractivity contribution >= 4 is 27.9 Å². The fraction of sp³-hybridized carbons (Fsp3) is 0.0435. The standard InChI is InChI=1S/C23H16FN5O3/c24-15-8-12(9-19-16-3-1-2-4-17(16)21(30)29-28-19)7-14(10-15)13-5-6-18-20(11-13)27-23(26-18)32-22(25)31/h1-8,10-11H,9H2,(H2,25,31)(H,26,27)(H,29,30). The van der Waals surface area contributed by atoms with E-state index in [1.807, 2.05) is 18.2 Å². The number of nitrogens with zero attached hydrogens (tertiary/aromatic N) is 2. The van der Waals surface area contributed by atoms with Crippen LogP contribution in [0.25, 0.3) is 32.9 Å². The number of H-pyrrole nitrogens is 2. The molecule has 0 unspecified atom stereocenters. The summed E-state index contributed by atoms with van der Waals surface area (Å²) >= 11 is 0. The van der Waals surface area contributed by atoms with Crippen LogP contribution in [-0.2, 0) is 6.42 Å². The first-order valence-corrected chi connectivity index (χ1v) is 9.69. The van der Waals surface area contributed by atoms with Crippen LogP contribution < -0.4 is 16.0 Å². The number of hydrogen-bond donors (Lipinski definition) is 3. The van der Waals surface area contributed by atoms with Crippen LogP contribution in [0.1, 0.15) is 11.3 Å². The number of carbonyl (C=O) groups is 1. The second-order valence-corrected chi connectivity index (χ2v) is 7.26. The van der Waals surface area contributed by atoms with Crippen LogP contribution in [-0.4, -0.2) is 26.3 Å². The summed E-state index contributed by atoms with van der Waals surface area (Å²) in [5, 5.41) is 7.94. The maximum Gasteiger partial charge on any atom is 0.412 e. The van der Waals surface area contributed by atoms with Gasteiger partial charge in [-0.2, -0.15) is 10.1 Å². The molecule has 0 aliphatic rings. The molecule has 2 aromatic heterocycles. The van der Waals surface area contributed by atoms with Crippen LogP contribution in [0.4, 0.5) is 9.18 Å². The van der Waals surface area contributed by atoms with E-state index in [0.717, 1.165) is 10.9 Å². The van der Waals surface area contributed by atoms with Crippen molar-refractivity contribution in [3.8, 4) is 17.1 Å². The molecule has 158 valence electrons. The third-order valence-corrected chi connectivity index (χ3v) is 5.09.